The van der Waals surface area contributed by atoms with Crippen molar-refractivity contribution in [2.45, 2.75) is 58.7 Å². The maximum absolute atomic E-state index is 13.4. The molecular weight excluding hydrogens is 530 g/mol. The predicted molar refractivity (Wildman–Crippen MR) is 150 cm³/mol. The Labute approximate surface area is 231 Å². The van der Waals surface area contributed by atoms with E-state index in [4.69, 9.17) is 21.1 Å². The lowest BCUT2D eigenvalue weighted by Gasteiger charge is -2.32. The first-order chi connectivity index (χ1) is 17.7. The predicted octanol–water partition coefficient (Wildman–Crippen LogP) is 4.24. The fourth-order valence-electron chi connectivity index (χ4n) is 3.80. The van der Waals surface area contributed by atoms with Crippen molar-refractivity contribution in [2.24, 2.45) is 0 Å². The second-order valence-electron chi connectivity index (χ2n) is 10.0. The summed E-state index contributed by atoms with van der Waals surface area (Å²) in [5.41, 5.74) is 0.745. The molecule has 1 N–H and O–H groups in total. The molecule has 38 heavy (non-hydrogen) atoms. The number of sulfonamides is 1. The van der Waals surface area contributed by atoms with Gasteiger partial charge < -0.3 is 19.7 Å². The molecule has 11 heteroatoms. The number of rotatable bonds is 12. The van der Waals surface area contributed by atoms with Crippen LogP contribution in [0.2, 0.25) is 5.02 Å². The van der Waals surface area contributed by atoms with Crippen LogP contribution in [0.5, 0.6) is 11.5 Å². The van der Waals surface area contributed by atoms with Gasteiger partial charge in [0.25, 0.3) is 0 Å². The summed E-state index contributed by atoms with van der Waals surface area (Å²) >= 11 is 6.20. The topological polar surface area (TPSA) is 105 Å². The zero-order valence-corrected chi connectivity index (χ0v) is 24.6. The molecule has 210 valence electrons. The highest BCUT2D eigenvalue weighted by molar-refractivity contribution is 7.92. The lowest BCUT2D eigenvalue weighted by molar-refractivity contribution is -0.141. The summed E-state index contributed by atoms with van der Waals surface area (Å²) < 4.78 is 36.6. The molecule has 1 atom stereocenters. The van der Waals surface area contributed by atoms with Gasteiger partial charge in [-0.25, -0.2) is 8.42 Å². The molecule has 0 aliphatic heterocycles. The van der Waals surface area contributed by atoms with Crippen LogP contribution in [0.25, 0.3) is 0 Å². The Hall–Kier alpha value is -2.98. The molecule has 0 unspecified atom stereocenters. The van der Waals surface area contributed by atoms with Crippen LogP contribution in [0.1, 0.15) is 46.1 Å². The molecule has 0 radical (unpaired) electrons. The Bertz CT molecular complexity index is 1210. The zero-order valence-electron chi connectivity index (χ0n) is 23.1. The zero-order chi connectivity index (χ0) is 28.7. The molecule has 0 aliphatic carbocycles. The van der Waals surface area contributed by atoms with Crippen LogP contribution in [0.4, 0.5) is 5.69 Å². The largest absolute Gasteiger partial charge is 0.497 e. The van der Waals surface area contributed by atoms with Crippen LogP contribution in [-0.4, -0.2) is 63.7 Å². The van der Waals surface area contributed by atoms with Gasteiger partial charge in [0, 0.05) is 25.0 Å². The van der Waals surface area contributed by atoms with Gasteiger partial charge in [-0.2, -0.15) is 0 Å². The number of carbonyl (C=O) groups excluding carboxylic acids is 2. The van der Waals surface area contributed by atoms with Crippen molar-refractivity contribution in [1.29, 1.82) is 0 Å². The van der Waals surface area contributed by atoms with Gasteiger partial charge in [0.15, 0.2) is 0 Å². The van der Waals surface area contributed by atoms with Gasteiger partial charge >= 0.3 is 0 Å². The molecule has 2 aromatic carbocycles. The monoisotopic (exact) mass is 567 g/mol. The molecule has 0 aromatic heterocycles. The minimum atomic E-state index is -3.64. The number of benzene rings is 2. The maximum Gasteiger partial charge on any atom is 0.242 e. The first-order valence-electron chi connectivity index (χ1n) is 12.2. The van der Waals surface area contributed by atoms with E-state index in [1.54, 1.807) is 38.3 Å². The van der Waals surface area contributed by atoms with Crippen molar-refractivity contribution < 1.29 is 27.5 Å². The number of hydrogen-bond donors (Lipinski definition) is 1. The van der Waals surface area contributed by atoms with Crippen LogP contribution in [0.3, 0.4) is 0 Å². The normalized spacial score (nSPS) is 12.4. The number of amides is 2. The summed E-state index contributed by atoms with van der Waals surface area (Å²) in [5, 5.41) is 3.20. The summed E-state index contributed by atoms with van der Waals surface area (Å²) in [5.74, 6) is 0.573. The quantitative estimate of drug-likeness (QED) is 0.411. The molecule has 0 heterocycles. The van der Waals surface area contributed by atoms with Gasteiger partial charge in [-0.3, -0.25) is 13.9 Å². The van der Waals surface area contributed by atoms with Crippen LogP contribution in [0, 0.1) is 0 Å². The minimum absolute atomic E-state index is 0.0409. The minimum Gasteiger partial charge on any atom is -0.497 e. The van der Waals surface area contributed by atoms with Gasteiger partial charge in [-0.1, -0.05) is 23.7 Å². The van der Waals surface area contributed by atoms with Gasteiger partial charge in [0.1, 0.15) is 17.5 Å². The summed E-state index contributed by atoms with van der Waals surface area (Å²) in [6.45, 7) is 7.58. The molecule has 0 bridgehead atoms. The molecule has 0 fully saturated rings. The van der Waals surface area contributed by atoms with Crippen LogP contribution in [-0.2, 0) is 26.2 Å². The molecule has 0 aliphatic rings. The van der Waals surface area contributed by atoms with Crippen LogP contribution >= 0.6 is 11.6 Å². The lowest BCUT2D eigenvalue weighted by Crippen LogP contribution is -2.52. The van der Waals surface area contributed by atoms with Crippen LogP contribution < -0.4 is 19.1 Å². The van der Waals surface area contributed by atoms with E-state index in [2.05, 4.69) is 5.32 Å². The Balaban J connectivity index is 2.21. The Morgan fingerprint density at radius 1 is 1.05 bits per heavy atom. The van der Waals surface area contributed by atoms with Crippen molar-refractivity contribution in [3.05, 3.63) is 53.1 Å². The smallest absolute Gasteiger partial charge is 0.242 e. The fourth-order valence-corrected chi connectivity index (χ4v) is 5.01. The second-order valence-corrected chi connectivity index (χ2v) is 12.4. The van der Waals surface area contributed by atoms with Gasteiger partial charge in [-0.15, -0.1) is 0 Å². The summed E-state index contributed by atoms with van der Waals surface area (Å²) in [6, 6.07) is 11.2. The maximum atomic E-state index is 13.4. The highest BCUT2D eigenvalue weighted by Crippen LogP contribution is 2.30. The highest BCUT2D eigenvalue weighted by atomic mass is 35.5. The van der Waals surface area contributed by atoms with E-state index in [0.717, 1.165) is 11.8 Å². The molecule has 2 amide bonds. The van der Waals surface area contributed by atoms with Gasteiger partial charge in [0.05, 0.1) is 31.2 Å². The highest BCUT2D eigenvalue weighted by Gasteiger charge is 2.28. The third-order valence-electron chi connectivity index (χ3n) is 5.75. The summed E-state index contributed by atoms with van der Waals surface area (Å²) in [6.07, 6.45) is 1.38. The van der Waals surface area contributed by atoms with Crippen molar-refractivity contribution in [1.82, 2.24) is 10.2 Å². The number of anilines is 1. The van der Waals surface area contributed by atoms with Gasteiger partial charge in [-0.05, 0) is 70.0 Å². The third-order valence-corrected chi connectivity index (χ3v) is 7.24. The van der Waals surface area contributed by atoms with Crippen molar-refractivity contribution in [3.8, 4) is 11.5 Å². The number of carbonyl (C=O) groups is 2. The Morgan fingerprint density at radius 2 is 1.68 bits per heavy atom. The van der Waals surface area contributed by atoms with E-state index < -0.39 is 21.6 Å². The molecular formula is C27H38ClN3O6S. The third kappa shape index (κ3) is 9.09. The number of ether oxygens (including phenoxy) is 2. The fraction of sp³-hybridized carbons (Fsp3) is 0.481. The summed E-state index contributed by atoms with van der Waals surface area (Å²) in [4.78, 5) is 27.9. The van der Waals surface area contributed by atoms with Crippen molar-refractivity contribution >= 4 is 39.1 Å². The number of hydrogen-bond acceptors (Lipinski definition) is 6. The number of halogens is 1. The first kappa shape index (κ1) is 31.2. The molecule has 2 rings (SSSR count). The van der Waals surface area contributed by atoms with Crippen LogP contribution in [0.15, 0.2) is 42.5 Å². The molecule has 9 nitrogen and oxygen atoms in total. The summed E-state index contributed by atoms with van der Waals surface area (Å²) in [7, 11) is -0.598. The number of nitrogens with zero attached hydrogens (tertiary/aromatic N) is 2. The number of nitrogens with one attached hydrogen (secondary N) is 1. The van der Waals surface area contributed by atoms with E-state index in [-0.39, 0.29) is 42.8 Å². The second kappa shape index (κ2) is 13.2. The van der Waals surface area contributed by atoms with Crippen molar-refractivity contribution in [3.63, 3.8) is 0 Å². The molecule has 2 aromatic rings. The Morgan fingerprint density at radius 3 is 2.18 bits per heavy atom. The SMILES string of the molecule is COc1ccc(CN(C(=O)CCCN(c2ccc(OC)c(Cl)c2)S(C)(=O)=O)[C@@H](C)C(=O)NC(C)(C)C)cc1. The lowest BCUT2D eigenvalue weighted by atomic mass is 10.1. The molecule has 0 spiro atoms. The standard InChI is InChI=1S/C27H38ClN3O6S/c1-19(26(33)29-27(2,3)4)30(18-20-10-13-22(36-5)14-11-20)25(32)9-8-16-31(38(7,34)35)21-12-15-24(37-6)23(28)17-21/h10-15,17,19H,8-9,16,18H2,1-7H3,(H,29,33)/t19-/m0/s1. The van der Waals surface area contributed by atoms with E-state index >= 15 is 0 Å². The van der Waals surface area contributed by atoms with E-state index in [9.17, 15) is 18.0 Å². The Kier molecular flexibility index (Phi) is 10.8. The first-order valence-corrected chi connectivity index (χ1v) is 14.4. The van der Waals surface area contributed by atoms with E-state index in [1.165, 1.54) is 22.4 Å². The number of methoxy groups -OCH3 is 2. The van der Waals surface area contributed by atoms with Crippen molar-refractivity contribution in [2.75, 3.05) is 31.3 Å². The van der Waals surface area contributed by atoms with E-state index in [1.807, 2.05) is 32.9 Å². The average molecular weight is 568 g/mol. The molecule has 0 saturated heterocycles. The average Bonchev–Trinajstić information content (AvgIpc) is 2.83. The van der Waals surface area contributed by atoms with Gasteiger partial charge in [0.2, 0.25) is 21.8 Å². The van der Waals surface area contributed by atoms with E-state index in [0.29, 0.717) is 17.2 Å². The molecule has 0 saturated carbocycles.